The Kier molecular flexibility index (Phi) is 5.34. The lowest BCUT2D eigenvalue weighted by molar-refractivity contribution is 0.463. The molecule has 1 unspecified atom stereocenters. The van der Waals surface area contributed by atoms with Gasteiger partial charge in [0, 0.05) is 11.1 Å². The summed E-state index contributed by atoms with van der Waals surface area (Å²) in [6, 6.07) is 10.7. The summed E-state index contributed by atoms with van der Waals surface area (Å²) in [4.78, 5) is 0. The lowest BCUT2D eigenvalue weighted by atomic mass is 10.2. The number of hydrogen-bond donors (Lipinski definition) is 1. The molecule has 1 N–H and O–H groups in total. The van der Waals surface area contributed by atoms with Crippen molar-refractivity contribution in [2.45, 2.75) is 26.8 Å². The van der Waals surface area contributed by atoms with Gasteiger partial charge in [-0.2, -0.15) is 11.8 Å². The van der Waals surface area contributed by atoms with Gasteiger partial charge in [-0.3, -0.25) is 0 Å². The van der Waals surface area contributed by atoms with Crippen molar-refractivity contribution in [3.8, 4) is 0 Å². The fraction of sp³-hybridized carbons (Fsp3) is 0.500. The van der Waals surface area contributed by atoms with Gasteiger partial charge in [0.05, 0.1) is 6.04 Å². The van der Waals surface area contributed by atoms with Crippen LogP contribution in [-0.2, 0) is 0 Å². The summed E-state index contributed by atoms with van der Waals surface area (Å²) in [6.45, 7) is 7.62. The van der Waals surface area contributed by atoms with E-state index in [1.165, 1.54) is 11.1 Å². The first kappa shape index (κ1) is 14.5. The molecule has 2 aromatic rings. The van der Waals surface area contributed by atoms with Crippen molar-refractivity contribution in [1.29, 1.82) is 0 Å². The number of hydrogen-bond acceptors (Lipinski definition) is 3. The summed E-state index contributed by atoms with van der Waals surface area (Å²) < 4.78 is 5.96. The Morgan fingerprint density at radius 3 is 2.68 bits per heavy atom. The fourth-order valence-corrected chi connectivity index (χ4v) is 3.21. The first-order valence-corrected chi connectivity index (χ1v) is 8.15. The maximum atomic E-state index is 5.96. The molecule has 1 heterocycles. The molecule has 3 heteroatoms. The molecular weight excluding hydrogens is 254 g/mol. The van der Waals surface area contributed by atoms with E-state index in [1.54, 1.807) is 0 Å². The van der Waals surface area contributed by atoms with Gasteiger partial charge in [0.25, 0.3) is 0 Å². The Hall–Kier alpha value is -0.930. The van der Waals surface area contributed by atoms with Crippen LogP contribution in [0.15, 0.2) is 34.7 Å². The normalized spacial score (nSPS) is 13.3. The number of para-hydroxylation sites is 1. The monoisotopic (exact) mass is 277 g/mol. The third-order valence-electron chi connectivity index (χ3n) is 2.97. The number of benzene rings is 1. The molecule has 0 aliphatic heterocycles. The highest BCUT2D eigenvalue weighted by Crippen LogP contribution is 2.26. The Labute approximate surface area is 119 Å². The molecule has 104 valence electrons. The average molecular weight is 277 g/mol. The molecule has 0 fully saturated rings. The second kappa shape index (κ2) is 7.01. The standard InChI is InChI=1S/C16H23NOS/c1-4-17-14(11-19-10-12(2)3)16-9-13-7-5-6-8-15(13)18-16/h5-9,12,14,17H,4,10-11H2,1-3H3. The lowest BCUT2D eigenvalue weighted by Crippen LogP contribution is -2.22. The van der Waals surface area contributed by atoms with E-state index in [4.69, 9.17) is 4.42 Å². The molecule has 1 aromatic heterocycles. The molecule has 0 saturated heterocycles. The van der Waals surface area contributed by atoms with Crippen LogP contribution in [0.5, 0.6) is 0 Å². The van der Waals surface area contributed by atoms with Gasteiger partial charge in [-0.15, -0.1) is 0 Å². The Bertz CT molecular complexity index is 473. The molecule has 0 radical (unpaired) electrons. The molecular formula is C16H23NOS. The number of rotatable bonds is 7. The Morgan fingerprint density at radius 2 is 2.00 bits per heavy atom. The topological polar surface area (TPSA) is 25.2 Å². The van der Waals surface area contributed by atoms with E-state index in [9.17, 15) is 0 Å². The third kappa shape index (κ3) is 4.02. The molecule has 0 bridgehead atoms. The van der Waals surface area contributed by atoms with Crippen molar-refractivity contribution >= 4 is 22.7 Å². The van der Waals surface area contributed by atoms with Crippen LogP contribution in [0.2, 0.25) is 0 Å². The van der Waals surface area contributed by atoms with Gasteiger partial charge >= 0.3 is 0 Å². The second-order valence-corrected chi connectivity index (χ2v) is 6.30. The zero-order valence-corrected chi connectivity index (χ0v) is 12.8. The molecule has 0 aliphatic rings. The molecule has 19 heavy (non-hydrogen) atoms. The van der Waals surface area contributed by atoms with E-state index in [0.29, 0.717) is 6.04 Å². The van der Waals surface area contributed by atoms with Crippen LogP contribution in [0.1, 0.15) is 32.6 Å². The highest BCUT2D eigenvalue weighted by molar-refractivity contribution is 7.99. The van der Waals surface area contributed by atoms with E-state index in [-0.39, 0.29) is 0 Å². The van der Waals surface area contributed by atoms with Gasteiger partial charge in [-0.05, 0) is 30.3 Å². The minimum Gasteiger partial charge on any atom is -0.459 e. The summed E-state index contributed by atoms with van der Waals surface area (Å²) in [5.74, 6) is 4.05. The maximum Gasteiger partial charge on any atom is 0.134 e. The van der Waals surface area contributed by atoms with Crippen LogP contribution in [0.3, 0.4) is 0 Å². The third-order valence-corrected chi connectivity index (χ3v) is 4.45. The summed E-state index contributed by atoms with van der Waals surface area (Å²) in [7, 11) is 0. The van der Waals surface area contributed by atoms with Gasteiger partial charge in [0.15, 0.2) is 0 Å². The molecule has 2 rings (SSSR count). The Morgan fingerprint density at radius 1 is 1.21 bits per heavy atom. The van der Waals surface area contributed by atoms with Crippen molar-refractivity contribution in [3.05, 3.63) is 36.1 Å². The summed E-state index contributed by atoms with van der Waals surface area (Å²) in [5, 5.41) is 4.71. The van der Waals surface area contributed by atoms with Gasteiger partial charge in [0.1, 0.15) is 11.3 Å². The van der Waals surface area contributed by atoms with Gasteiger partial charge in [-0.1, -0.05) is 39.0 Å². The fourth-order valence-electron chi connectivity index (χ4n) is 2.08. The zero-order valence-electron chi connectivity index (χ0n) is 12.0. The maximum absolute atomic E-state index is 5.96. The highest BCUT2D eigenvalue weighted by atomic mass is 32.2. The first-order valence-electron chi connectivity index (χ1n) is 7.00. The molecule has 0 saturated carbocycles. The van der Waals surface area contributed by atoms with E-state index >= 15 is 0 Å². The van der Waals surface area contributed by atoms with E-state index in [2.05, 4.69) is 44.3 Å². The predicted octanol–water partition coefficient (Wildman–Crippen LogP) is 4.47. The zero-order chi connectivity index (χ0) is 13.7. The van der Waals surface area contributed by atoms with Crippen LogP contribution in [0, 0.1) is 5.92 Å². The molecule has 0 amide bonds. The molecule has 1 aromatic carbocycles. The largest absolute Gasteiger partial charge is 0.459 e. The van der Waals surface area contributed by atoms with E-state index in [1.807, 2.05) is 23.9 Å². The lowest BCUT2D eigenvalue weighted by Gasteiger charge is -2.15. The van der Waals surface area contributed by atoms with Gasteiger partial charge in [-0.25, -0.2) is 0 Å². The minimum atomic E-state index is 0.307. The summed E-state index contributed by atoms with van der Waals surface area (Å²) >= 11 is 1.99. The number of fused-ring (bicyclic) bond motifs is 1. The molecule has 2 nitrogen and oxygen atoms in total. The molecule has 0 aliphatic carbocycles. The van der Waals surface area contributed by atoms with Gasteiger partial charge < -0.3 is 9.73 Å². The first-order chi connectivity index (χ1) is 9.20. The van der Waals surface area contributed by atoms with Crippen molar-refractivity contribution in [3.63, 3.8) is 0 Å². The van der Waals surface area contributed by atoms with Crippen molar-refractivity contribution in [2.75, 3.05) is 18.1 Å². The van der Waals surface area contributed by atoms with Crippen LogP contribution in [0.4, 0.5) is 0 Å². The SMILES string of the molecule is CCNC(CSCC(C)C)c1cc2ccccc2o1. The van der Waals surface area contributed by atoms with Crippen molar-refractivity contribution in [1.82, 2.24) is 5.32 Å². The van der Waals surface area contributed by atoms with Gasteiger partial charge in [0.2, 0.25) is 0 Å². The number of thioether (sulfide) groups is 1. The summed E-state index contributed by atoms with van der Waals surface area (Å²) in [5.41, 5.74) is 0.981. The van der Waals surface area contributed by atoms with E-state index < -0.39 is 0 Å². The highest BCUT2D eigenvalue weighted by Gasteiger charge is 2.15. The smallest absolute Gasteiger partial charge is 0.134 e. The quantitative estimate of drug-likeness (QED) is 0.808. The van der Waals surface area contributed by atoms with Crippen LogP contribution < -0.4 is 5.32 Å². The number of furan rings is 1. The van der Waals surface area contributed by atoms with Crippen LogP contribution >= 0.6 is 11.8 Å². The van der Waals surface area contributed by atoms with Crippen LogP contribution in [-0.4, -0.2) is 18.1 Å². The van der Waals surface area contributed by atoms with Crippen molar-refractivity contribution in [2.24, 2.45) is 5.92 Å². The second-order valence-electron chi connectivity index (χ2n) is 5.23. The van der Waals surface area contributed by atoms with Crippen molar-refractivity contribution < 1.29 is 4.42 Å². The molecule has 0 spiro atoms. The predicted molar refractivity (Wildman–Crippen MR) is 84.8 cm³/mol. The van der Waals surface area contributed by atoms with E-state index in [0.717, 1.165) is 29.6 Å². The van der Waals surface area contributed by atoms with Crippen LogP contribution in [0.25, 0.3) is 11.0 Å². The molecule has 1 atom stereocenters. The Balaban J connectivity index is 2.08. The number of nitrogens with one attached hydrogen (secondary N) is 1. The average Bonchev–Trinajstić information content (AvgIpc) is 2.81. The minimum absolute atomic E-state index is 0.307. The summed E-state index contributed by atoms with van der Waals surface area (Å²) in [6.07, 6.45) is 0.